The molecule has 0 aliphatic carbocycles. The van der Waals surface area contributed by atoms with Gasteiger partial charge in [0.1, 0.15) is 25.8 Å². The van der Waals surface area contributed by atoms with Gasteiger partial charge < -0.3 is 19.7 Å². The van der Waals surface area contributed by atoms with Crippen molar-refractivity contribution in [3.8, 4) is 11.5 Å². The molecule has 0 spiro atoms. The highest BCUT2D eigenvalue weighted by atomic mass is 35.5. The van der Waals surface area contributed by atoms with Gasteiger partial charge in [0.2, 0.25) is 21.8 Å². The van der Waals surface area contributed by atoms with Crippen molar-refractivity contribution in [3.05, 3.63) is 53.1 Å². The van der Waals surface area contributed by atoms with Gasteiger partial charge in [-0.3, -0.25) is 13.9 Å². The number of carbonyl (C=O) groups is 2. The monoisotopic (exact) mass is 523 g/mol. The maximum Gasteiger partial charge on any atom is 0.244 e. The van der Waals surface area contributed by atoms with Crippen LogP contribution >= 0.6 is 11.6 Å². The van der Waals surface area contributed by atoms with E-state index >= 15 is 0 Å². The molecule has 3 rings (SSSR count). The Labute approximate surface area is 211 Å². The van der Waals surface area contributed by atoms with Crippen molar-refractivity contribution in [1.82, 2.24) is 10.2 Å². The summed E-state index contributed by atoms with van der Waals surface area (Å²) in [6, 6.07) is 10.8. The van der Waals surface area contributed by atoms with E-state index in [0.29, 0.717) is 41.8 Å². The summed E-state index contributed by atoms with van der Waals surface area (Å²) in [7, 11) is -3.85. The number of ether oxygens (including phenoxy) is 2. The molecule has 1 aliphatic rings. The molecule has 1 heterocycles. The lowest BCUT2D eigenvalue weighted by atomic mass is 10.1. The van der Waals surface area contributed by atoms with Crippen LogP contribution in [0.2, 0.25) is 5.02 Å². The number of nitrogens with zero attached hydrogens (tertiary/aromatic N) is 2. The summed E-state index contributed by atoms with van der Waals surface area (Å²) in [6.45, 7) is 4.26. The van der Waals surface area contributed by atoms with Crippen LogP contribution in [0.15, 0.2) is 42.5 Å². The molecule has 11 heteroatoms. The van der Waals surface area contributed by atoms with Crippen LogP contribution in [0.5, 0.6) is 11.5 Å². The minimum atomic E-state index is -3.85. The summed E-state index contributed by atoms with van der Waals surface area (Å²) >= 11 is 6.31. The lowest BCUT2D eigenvalue weighted by molar-refractivity contribution is -0.139. The average Bonchev–Trinajstić information content (AvgIpc) is 2.83. The molecule has 0 fully saturated rings. The van der Waals surface area contributed by atoms with Gasteiger partial charge in [0.25, 0.3) is 0 Å². The molecule has 0 saturated carbocycles. The van der Waals surface area contributed by atoms with E-state index in [1.54, 1.807) is 43.3 Å². The van der Waals surface area contributed by atoms with Gasteiger partial charge >= 0.3 is 0 Å². The van der Waals surface area contributed by atoms with Crippen LogP contribution in [0, 0.1) is 0 Å². The molecule has 1 aliphatic heterocycles. The Morgan fingerprint density at radius 1 is 1.11 bits per heavy atom. The highest BCUT2D eigenvalue weighted by Gasteiger charge is 2.31. The second kappa shape index (κ2) is 11.6. The summed E-state index contributed by atoms with van der Waals surface area (Å²) in [5.74, 6) is 0.0123. The fraction of sp³-hybridized carbons (Fsp3) is 0.417. The maximum absolute atomic E-state index is 13.5. The van der Waals surface area contributed by atoms with E-state index in [-0.39, 0.29) is 18.1 Å². The van der Waals surface area contributed by atoms with E-state index < -0.39 is 28.5 Å². The lowest BCUT2D eigenvalue weighted by Gasteiger charge is -2.32. The van der Waals surface area contributed by atoms with Crippen molar-refractivity contribution < 1.29 is 27.5 Å². The predicted molar refractivity (Wildman–Crippen MR) is 134 cm³/mol. The number of sulfonamides is 1. The number of anilines is 1. The Hall–Kier alpha value is -2.98. The summed E-state index contributed by atoms with van der Waals surface area (Å²) in [6.07, 6.45) is 1.76. The third kappa shape index (κ3) is 6.79. The van der Waals surface area contributed by atoms with Crippen LogP contribution in [0.1, 0.15) is 25.8 Å². The molecule has 190 valence electrons. The highest BCUT2D eigenvalue weighted by Crippen LogP contribution is 2.34. The van der Waals surface area contributed by atoms with Gasteiger partial charge in [-0.15, -0.1) is 0 Å². The van der Waals surface area contributed by atoms with Crippen molar-refractivity contribution in [2.24, 2.45) is 0 Å². The largest absolute Gasteiger partial charge is 0.486 e. The molecule has 2 aromatic rings. The van der Waals surface area contributed by atoms with Gasteiger partial charge in [-0.1, -0.05) is 36.7 Å². The zero-order valence-corrected chi connectivity index (χ0v) is 21.6. The normalized spacial score (nSPS) is 13.6. The van der Waals surface area contributed by atoms with Gasteiger partial charge in [0, 0.05) is 24.2 Å². The van der Waals surface area contributed by atoms with Crippen molar-refractivity contribution in [3.63, 3.8) is 0 Å². The molecule has 2 amide bonds. The molecular formula is C24H30ClN3O6S. The maximum atomic E-state index is 13.5. The standard InChI is InChI=1S/C24H30ClN3O6S/c1-4-11-26-24(30)17(2)27(15-18-7-5-6-8-20(18)25)23(29)16-28(35(3,31)32)19-9-10-21-22(14-19)34-13-12-33-21/h5-10,14,17H,4,11-13,15-16H2,1-3H3,(H,26,30)/t17-/m0/s1. The number of hydrogen-bond donors (Lipinski definition) is 1. The third-order valence-electron chi connectivity index (χ3n) is 5.51. The first-order valence-electron chi connectivity index (χ1n) is 11.3. The Morgan fingerprint density at radius 2 is 1.80 bits per heavy atom. The smallest absolute Gasteiger partial charge is 0.244 e. The predicted octanol–water partition coefficient (Wildman–Crippen LogP) is 2.82. The minimum Gasteiger partial charge on any atom is -0.486 e. The van der Waals surface area contributed by atoms with Gasteiger partial charge in [-0.25, -0.2) is 8.42 Å². The minimum absolute atomic E-state index is 0.0396. The summed E-state index contributed by atoms with van der Waals surface area (Å²) < 4.78 is 37.5. The quantitative estimate of drug-likeness (QED) is 0.513. The topological polar surface area (TPSA) is 105 Å². The molecule has 0 aromatic heterocycles. The van der Waals surface area contributed by atoms with Crippen molar-refractivity contribution >= 4 is 39.1 Å². The van der Waals surface area contributed by atoms with Crippen LogP contribution in [-0.4, -0.2) is 63.7 Å². The first-order valence-corrected chi connectivity index (χ1v) is 13.5. The molecule has 35 heavy (non-hydrogen) atoms. The lowest BCUT2D eigenvalue weighted by Crippen LogP contribution is -2.51. The Kier molecular flexibility index (Phi) is 8.85. The zero-order valence-electron chi connectivity index (χ0n) is 20.0. The number of nitrogens with one attached hydrogen (secondary N) is 1. The van der Waals surface area contributed by atoms with Crippen molar-refractivity contribution in [1.29, 1.82) is 0 Å². The van der Waals surface area contributed by atoms with E-state index in [1.165, 1.54) is 11.0 Å². The second-order valence-corrected chi connectivity index (χ2v) is 10.5. The molecule has 9 nitrogen and oxygen atoms in total. The Balaban J connectivity index is 1.91. The van der Waals surface area contributed by atoms with E-state index in [0.717, 1.165) is 17.0 Å². The number of halogens is 1. The van der Waals surface area contributed by atoms with Crippen LogP contribution in [-0.2, 0) is 26.2 Å². The highest BCUT2D eigenvalue weighted by molar-refractivity contribution is 7.92. The van der Waals surface area contributed by atoms with Crippen molar-refractivity contribution in [2.45, 2.75) is 32.9 Å². The third-order valence-corrected chi connectivity index (χ3v) is 7.02. The first kappa shape index (κ1) is 26.6. The molecular weight excluding hydrogens is 494 g/mol. The van der Waals surface area contributed by atoms with Crippen LogP contribution in [0.3, 0.4) is 0 Å². The van der Waals surface area contributed by atoms with E-state index in [2.05, 4.69) is 5.32 Å². The Morgan fingerprint density at radius 3 is 2.46 bits per heavy atom. The molecule has 1 atom stereocenters. The fourth-order valence-corrected chi connectivity index (χ4v) is 4.63. The Bertz CT molecular complexity index is 1170. The molecule has 0 bridgehead atoms. The second-order valence-electron chi connectivity index (χ2n) is 8.18. The number of rotatable bonds is 10. The number of fused-ring (bicyclic) bond motifs is 1. The molecule has 0 radical (unpaired) electrons. The number of carbonyl (C=O) groups excluding carboxylic acids is 2. The molecule has 2 aromatic carbocycles. The van der Waals surface area contributed by atoms with Crippen LogP contribution in [0.4, 0.5) is 5.69 Å². The van der Waals surface area contributed by atoms with Crippen LogP contribution in [0.25, 0.3) is 0 Å². The summed E-state index contributed by atoms with van der Waals surface area (Å²) in [4.78, 5) is 27.6. The van der Waals surface area contributed by atoms with Gasteiger partial charge in [0.05, 0.1) is 11.9 Å². The van der Waals surface area contributed by atoms with E-state index in [9.17, 15) is 18.0 Å². The fourth-order valence-electron chi connectivity index (χ4n) is 3.59. The summed E-state index contributed by atoms with van der Waals surface area (Å²) in [5.41, 5.74) is 0.897. The number of amides is 2. The molecule has 0 unspecified atom stereocenters. The molecule has 1 N–H and O–H groups in total. The van der Waals surface area contributed by atoms with E-state index in [1.807, 2.05) is 6.92 Å². The van der Waals surface area contributed by atoms with Crippen LogP contribution < -0.4 is 19.1 Å². The SMILES string of the molecule is CCCNC(=O)[C@H](C)N(Cc1ccccc1Cl)C(=O)CN(c1ccc2c(c1)OCCO2)S(C)(=O)=O. The number of hydrogen-bond acceptors (Lipinski definition) is 6. The summed E-state index contributed by atoms with van der Waals surface area (Å²) in [5, 5.41) is 3.23. The average molecular weight is 524 g/mol. The van der Waals surface area contributed by atoms with Gasteiger partial charge in [-0.2, -0.15) is 0 Å². The van der Waals surface area contributed by atoms with E-state index in [4.69, 9.17) is 21.1 Å². The van der Waals surface area contributed by atoms with Crippen molar-refractivity contribution in [2.75, 3.05) is 36.9 Å². The molecule has 0 saturated heterocycles. The zero-order chi connectivity index (χ0) is 25.6. The van der Waals surface area contributed by atoms with Gasteiger partial charge in [0.15, 0.2) is 11.5 Å². The van der Waals surface area contributed by atoms with Gasteiger partial charge in [-0.05, 0) is 37.1 Å². The first-order chi connectivity index (χ1) is 16.6. The number of benzene rings is 2.